The minimum atomic E-state index is -0.469. The van der Waals surface area contributed by atoms with Gasteiger partial charge in [-0.15, -0.1) is 0 Å². The molecule has 0 aliphatic rings. The minimum absolute atomic E-state index is 0.0474. The van der Waals surface area contributed by atoms with Crippen molar-refractivity contribution in [1.29, 1.82) is 0 Å². The maximum Gasteiger partial charge on any atom is 0.141 e. The van der Waals surface area contributed by atoms with Gasteiger partial charge in [0, 0.05) is 17.3 Å². The van der Waals surface area contributed by atoms with Gasteiger partial charge in [-0.05, 0) is 29.3 Å². The molecule has 19 heavy (non-hydrogen) atoms. The maximum atomic E-state index is 13.0. The summed E-state index contributed by atoms with van der Waals surface area (Å²) in [5.74, 6) is -0.404. The van der Waals surface area contributed by atoms with E-state index in [1.165, 1.54) is 12.1 Å². The van der Waals surface area contributed by atoms with Crippen LogP contribution in [0.15, 0.2) is 46.9 Å². The molecule has 0 radical (unpaired) electrons. The van der Waals surface area contributed by atoms with E-state index in [1.807, 2.05) is 24.3 Å². The van der Waals surface area contributed by atoms with E-state index in [9.17, 15) is 9.18 Å². The molecule has 0 bridgehead atoms. The Hall–Kier alpha value is -1.19. The Morgan fingerprint density at radius 2 is 1.89 bits per heavy atom. The monoisotopic (exact) mass is 340 g/mol. The normalized spacial score (nSPS) is 10.5. The lowest BCUT2D eigenvalue weighted by atomic mass is 10.0. The molecule has 0 aliphatic carbocycles. The van der Waals surface area contributed by atoms with Gasteiger partial charge in [-0.2, -0.15) is 0 Å². The fraction of sp³-hybridized carbons (Fsp3) is 0.133. The van der Waals surface area contributed by atoms with Crippen molar-refractivity contribution in [3.63, 3.8) is 0 Å². The lowest BCUT2D eigenvalue weighted by molar-refractivity contribution is -0.117. The highest BCUT2D eigenvalue weighted by molar-refractivity contribution is 9.10. The first-order valence-corrected chi connectivity index (χ1v) is 6.92. The van der Waals surface area contributed by atoms with Crippen LogP contribution in [0.3, 0.4) is 0 Å². The summed E-state index contributed by atoms with van der Waals surface area (Å²) in [5, 5.41) is 0.0474. The third-order valence-electron chi connectivity index (χ3n) is 2.73. The lowest BCUT2D eigenvalue weighted by Crippen LogP contribution is -2.07. The van der Waals surface area contributed by atoms with Crippen molar-refractivity contribution < 1.29 is 9.18 Å². The predicted octanol–water partition coefficient (Wildman–Crippen LogP) is 4.60. The zero-order chi connectivity index (χ0) is 13.8. The highest BCUT2D eigenvalue weighted by atomic mass is 79.9. The van der Waals surface area contributed by atoms with E-state index in [2.05, 4.69) is 15.9 Å². The predicted molar refractivity (Wildman–Crippen MR) is 78.0 cm³/mol. The van der Waals surface area contributed by atoms with Crippen LogP contribution >= 0.6 is 27.5 Å². The quantitative estimate of drug-likeness (QED) is 0.794. The summed E-state index contributed by atoms with van der Waals surface area (Å²) in [6, 6.07) is 12.0. The molecule has 2 aromatic carbocycles. The molecule has 0 amide bonds. The standard InChI is InChI=1S/C15H11BrClFO/c16-13-4-2-1-3-11(13)9-12(19)7-10-5-6-15(18)14(17)8-10/h1-6,8H,7,9H2. The van der Waals surface area contributed by atoms with Gasteiger partial charge in [0.2, 0.25) is 0 Å². The number of rotatable bonds is 4. The molecule has 0 saturated carbocycles. The number of carbonyl (C=O) groups is 1. The van der Waals surface area contributed by atoms with Crippen LogP contribution < -0.4 is 0 Å². The first-order chi connectivity index (χ1) is 9.06. The first kappa shape index (κ1) is 14.2. The molecule has 0 fully saturated rings. The van der Waals surface area contributed by atoms with Crippen molar-refractivity contribution in [2.24, 2.45) is 0 Å². The first-order valence-electron chi connectivity index (χ1n) is 5.75. The third kappa shape index (κ3) is 3.88. The van der Waals surface area contributed by atoms with Gasteiger partial charge in [-0.1, -0.05) is 51.8 Å². The van der Waals surface area contributed by atoms with Gasteiger partial charge in [0.25, 0.3) is 0 Å². The van der Waals surface area contributed by atoms with Crippen molar-refractivity contribution in [2.45, 2.75) is 12.8 Å². The van der Waals surface area contributed by atoms with Crippen LogP contribution in [0.2, 0.25) is 5.02 Å². The Morgan fingerprint density at radius 1 is 1.16 bits per heavy atom. The molecule has 98 valence electrons. The molecule has 0 N–H and O–H groups in total. The molecular formula is C15H11BrClFO. The van der Waals surface area contributed by atoms with Crippen LogP contribution in [0.1, 0.15) is 11.1 Å². The molecule has 0 unspecified atom stereocenters. The molecule has 0 aliphatic heterocycles. The summed E-state index contributed by atoms with van der Waals surface area (Å²) in [4.78, 5) is 12.0. The fourth-order valence-electron chi connectivity index (χ4n) is 1.79. The Morgan fingerprint density at radius 3 is 2.58 bits per heavy atom. The Bertz CT molecular complexity index is 613. The average Bonchev–Trinajstić information content (AvgIpc) is 2.37. The SMILES string of the molecule is O=C(Cc1ccc(F)c(Cl)c1)Cc1ccccc1Br. The summed E-state index contributed by atoms with van der Waals surface area (Å²) in [6.07, 6.45) is 0.595. The molecule has 1 nitrogen and oxygen atoms in total. The second-order valence-corrected chi connectivity index (χ2v) is 5.49. The topological polar surface area (TPSA) is 17.1 Å². The molecule has 0 atom stereocenters. The molecule has 2 rings (SSSR count). The second kappa shape index (κ2) is 6.31. The largest absolute Gasteiger partial charge is 0.299 e. The van der Waals surface area contributed by atoms with E-state index >= 15 is 0 Å². The van der Waals surface area contributed by atoms with E-state index in [0.29, 0.717) is 6.42 Å². The smallest absolute Gasteiger partial charge is 0.141 e. The van der Waals surface area contributed by atoms with Crippen molar-refractivity contribution in [3.8, 4) is 0 Å². The van der Waals surface area contributed by atoms with Crippen molar-refractivity contribution in [1.82, 2.24) is 0 Å². The van der Waals surface area contributed by atoms with E-state index in [4.69, 9.17) is 11.6 Å². The summed E-state index contributed by atoms with van der Waals surface area (Å²) >= 11 is 9.10. The Kier molecular flexibility index (Phi) is 4.72. The van der Waals surface area contributed by atoms with Gasteiger partial charge >= 0.3 is 0 Å². The van der Waals surface area contributed by atoms with Crippen LogP contribution in [-0.2, 0) is 17.6 Å². The van der Waals surface area contributed by atoms with E-state index in [0.717, 1.165) is 15.6 Å². The lowest BCUT2D eigenvalue weighted by Gasteiger charge is -2.05. The van der Waals surface area contributed by atoms with E-state index < -0.39 is 5.82 Å². The highest BCUT2D eigenvalue weighted by Crippen LogP contribution is 2.19. The van der Waals surface area contributed by atoms with Crippen molar-refractivity contribution in [2.75, 3.05) is 0 Å². The maximum absolute atomic E-state index is 13.0. The number of ketones is 1. The zero-order valence-corrected chi connectivity index (χ0v) is 12.3. The minimum Gasteiger partial charge on any atom is -0.299 e. The molecule has 4 heteroatoms. The van der Waals surface area contributed by atoms with Gasteiger partial charge < -0.3 is 0 Å². The Balaban J connectivity index is 2.05. The average molecular weight is 342 g/mol. The van der Waals surface area contributed by atoms with Gasteiger partial charge in [0.15, 0.2) is 0 Å². The van der Waals surface area contributed by atoms with Crippen molar-refractivity contribution >= 4 is 33.3 Å². The van der Waals surface area contributed by atoms with Crippen LogP contribution in [0.4, 0.5) is 4.39 Å². The summed E-state index contributed by atoms with van der Waals surface area (Å²) in [5.41, 5.74) is 1.67. The van der Waals surface area contributed by atoms with Crippen LogP contribution in [0.25, 0.3) is 0 Å². The third-order valence-corrected chi connectivity index (χ3v) is 3.79. The summed E-state index contributed by atoms with van der Waals surface area (Å²) in [7, 11) is 0. The number of benzene rings is 2. The van der Waals surface area contributed by atoms with E-state index in [1.54, 1.807) is 6.07 Å². The van der Waals surface area contributed by atoms with Gasteiger partial charge in [-0.3, -0.25) is 4.79 Å². The van der Waals surface area contributed by atoms with Crippen molar-refractivity contribution in [3.05, 3.63) is 68.9 Å². The molecule has 0 aromatic heterocycles. The number of Topliss-reactive ketones (excluding diaryl/α,β-unsaturated/α-hetero) is 1. The van der Waals surface area contributed by atoms with Crippen LogP contribution in [0.5, 0.6) is 0 Å². The zero-order valence-electron chi connectivity index (χ0n) is 10.00. The second-order valence-electron chi connectivity index (χ2n) is 4.23. The molecule has 0 spiro atoms. The van der Waals surface area contributed by atoms with Crippen LogP contribution in [-0.4, -0.2) is 5.78 Å². The molecular weight excluding hydrogens is 331 g/mol. The van der Waals surface area contributed by atoms with Gasteiger partial charge in [0.05, 0.1) is 5.02 Å². The van der Waals surface area contributed by atoms with Gasteiger partial charge in [-0.25, -0.2) is 4.39 Å². The fourth-order valence-corrected chi connectivity index (χ4v) is 2.42. The van der Waals surface area contributed by atoms with Crippen LogP contribution in [0, 0.1) is 5.82 Å². The number of hydrogen-bond acceptors (Lipinski definition) is 1. The molecule has 0 saturated heterocycles. The number of carbonyl (C=O) groups excluding carboxylic acids is 1. The van der Waals surface area contributed by atoms with Gasteiger partial charge in [0.1, 0.15) is 11.6 Å². The number of halogens is 3. The Labute approximate surface area is 124 Å². The summed E-state index contributed by atoms with van der Waals surface area (Å²) in [6.45, 7) is 0. The summed E-state index contributed by atoms with van der Waals surface area (Å²) < 4.78 is 13.9. The molecule has 0 heterocycles. The highest BCUT2D eigenvalue weighted by Gasteiger charge is 2.09. The van der Waals surface area contributed by atoms with E-state index in [-0.39, 0.29) is 17.2 Å². The molecule has 2 aromatic rings. The number of hydrogen-bond donors (Lipinski definition) is 0.